The minimum Gasteiger partial charge on any atom is -0.344 e. The van der Waals surface area contributed by atoms with Crippen LogP contribution in [0.4, 0.5) is 0 Å². The van der Waals surface area contributed by atoms with Crippen molar-refractivity contribution in [3.05, 3.63) is 241 Å². The van der Waals surface area contributed by atoms with Gasteiger partial charge in [-0.25, -0.2) is 9.98 Å². The van der Waals surface area contributed by atoms with Crippen molar-refractivity contribution >= 4 is 55.3 Å². The molecule has 0 spiro atoms. The van der Waals surface area contributed by atoms with E-state index >= 15 is 0 Å². The van der Waals surface area contributed by atoms with Crippen LogP contribution in [0.2, 0.25) is 0 Å². The molecule has 298 valence electrons. The molecule has 0 bridgehead atoms. The van der Waals surface area contributed by atoms with Crippen LogP contribution in [0.5, 0.6) is 0 Å². The van der Waals surface area contributed by atoms with Crippen molar-refractivity contribution < 1.29 is 0 Å². The first kappa shape index (κ1) is 36.6. The van der Waals surface area contributed by atoms with E-state index in [1.165, 1.54) is 49.3 Å². The summed E-state index contributed by atoms with van der Waals surface area (Å²) in [6.07, 6.45) is -0.469. The Kier molecular flexibility index (Phi) is 8.71. The molecule has 0 amide bonds. The van der Waals surface area contributed by atoms with Crippen LogP contribution in [0.3, 0.4) is 0 Å². The molecule has 1 N–H and O–H groups in total. The molecule has 0 aliphatic carbocycles. The van der Waals surface area contributed by atoms with Gasteiger partial charge >= 0.3 is 0 Å². The number of amidine groups is 2. The van der Waals surface area contributed by atoms with Crippen molar-refractivity contribution in [1.82, 2.24) is 14.5 Å². The van der Waals surface area contributed by atoms with Gasteiger partial charge in [0.2, 0.25) is 0 Å². The van der Waals surface area contributed by atoms with Crippen molar-refractivity contribution in [2.45, 2.75) is 13.1 Å². The van der Waals surface area contributed by atoms with Crippen LogP contribution >= 0.6 is 0 Å². The number of hydrogen-bond acceptors (Lipinski definition) is 3. The van der Waals surface area contributed by atoms with Crippen molar-refractivity contribution in [3.8, 4) is 33.6 Å². The minimum atomic E-state index is -0.469. The smallest absolute Gasteiger partial charge is 0.159 e. The Balaban J connectivity index is 1.10. The van der Waals surface area contributed by atoms with E-state index in [0.29, 0.717) is 5.84 Å². The number of nitrogens with zero attached hydrogens (tertiary/aromatic N) is 4. The number of aliphatic imine (C=N–C) groups is 2. The van der Waals surface area contributed by atoms with Crippen molar-refractivity contribution in [3.63, 3.8) is 0 Å². The molecule has 1 aliphatic rings. The molecule has 9 aromatic carbocycles. The predicted molar refractivity (Wildman–Crippen MR) is 263 cm³/mol. The number of rotatable bonds is 7. The summed E-state index contributed by atoms with van der Waals surface area (Å²) >= 11 is 0. The van der Waals surface area contributed by atoms with Crippen molar-refractivity contribution in [1.29, 1.82) is 0 Å². The van der Waals surface area contributed by atoms with E-state index in [1.54, 1.807) is 0 Å². The molecular weight excluding hydrogens is 767 g/mol. The van der Waals surface area contributed by atoms with E-state index in [2.05, 4.69) is 215 Å². The summed E-state index contributed by atoms with van der Waals surface area (Å²) in [6, 6.07) is 78.2. The van der Waals surface area contributed by atoms with Crippen LogP contribution in [0.15, 0.2) is 228 Å². The number of hydrogen-bond donors (Lipinski definition) is 1. The van der Waals surface area contributed by atoms with E-state index < -0.39 is 6.17 Å². The summed E-state index contributed by atoms with van der Waals surface area (Å²) in [6.45, 7) is 2.13. The standard InChI is InChI=1S/C58H41N5/c1-38-25-27-39(28-26-38)44-29-32-48-46-21-11-14-24-52(46)63(55(48)37-44)54-34-31-43(42-30-33-53-49(35-42)47-22-12-13-23-51(47)62(53)45-19-9-4-10-20-45)36-50(54)58-60-56(40-15-5-2-6-16-40)59-57(61-58)41-17-7-3-8-18-41/h2-37,58H,1H3,(H,59,60,61). The SMILES string of the molecule is Cc1ccc(-c2ccc3c4ccccc4n(-c4ccc(-c5ccc6c(c5)c5ccccc5n6-c5ccccc5)cc4C4N=C(c5ccccc5)N=C(c5ccccc5)N4)c3c2)cc1. The first-order valence-corrected chi connectivity index (χ1v) is 21.5. The second-order valence-electron chi connectivity index (χ2n) is 16.3. The molecule has 1 unspecified atom stereocenters. The Hall–Kier alpha value is -8.28. The highest BCUT2D eigenvalue weighted by Gasteiger charge is 2.26. The zero-order chi connectivity index (χ0) is 41.9. The molecule has 0 saturated carbocycles. The Morgan fingerprint density at radius 3 is 1.68 bits per heavy atom. The lowest BCUT2D eigenvalue weighted by Gasteiger charge is -2.26. The maximum absolute atomic E-state index is 5.47. The number of para-hydroxylation sites is 3. The van der Waals surface area contributed by atoms with Gasteiger partial charge in [-0.05, 0) is 83.8 Å². The average molecular weight is 808 g/mol. The Morgan fingerprint density at radius 1 is 0.397 bits per heavy atom. The maximum atomic E-state index is 5.47. The van der Waals surface area contributed by atoms with Crippen molar-refractivity contribution in [2.24, 2.45) is 9.98 Å². The topological polar surface area (TPSA) is 46.6 Å². The fourth-order valence-corrected chi connectivity index (χ4v) is 9.39. The lowest BCUT2D eigenvalue weighted by atomic mass is 9.97. The lowest BCUT2D eigenvalue weighted by Crippen LogP contribution is -2.34. The highest BCUT2D eigenvalue weighted by Crippen LogP contribution is 2.40. The van der Waals surface area contributed by atoms with E-state index in [9.17, 15) is 0 Å². The van der Waals surface area contributed by atoms with E-state index in [-0.39, 0.29) is 0 Å². The molecule has 2 aromatic heterocycles. The van der Waals surface area contributed by atoms with Gasteiger partial charge in [-0.2, -0.15) is 0 Å². The number of nitrogens with one attached hydrogen (secondary N) is 1. The molecule has 12 rings (SSSR count). The monoisotopic (exact) mass is 807 g/mol. The summed E-state index contributed by atoms with van der Waals surface area (Å²) in [5.74, 6) is 1.47. The third kappa shape index (κ3) is 6.33. The van der Waals surface area contributed by atoms with E-state index in [4.69, 9.17) is 9.98 Å². The molecular formula is C58H41N5. The zero-order valence-corrected chi connectivity index (χ0v) is 34.7. The van der Waals surface area contributed by atoms with Crippen LogP contribution in [0.1, 0.15) is 28.4 Å². The fourth-order valence-electron chi connectivity index (χ4n) is 9.39. The van der Waals surface area contributed by atoms with Crippen molar-refractivity contribution in [2.75, 3.05) is 0 Å². The van der Waals surface area contributed by atoms with Gasteiger partial charge in [0.25, 0.3) is 0 Å². The maximum Gasteiger partial charge on any atom is 0.159 e. The number of aryl methyl sites for hydroxylation is 1. The van der Waals surface area contributed by atoms with Gasteiger partial charge in [0.15, 0.2) is 5.84 Å². The second-order valence-corrected chi connectivity index (χ2v) is 16.3. The first-order chi connectivity index (χ1) is 31.1. The highest BCUT2D eigenvalue weighted by atomic mass is 15.2. The molecule has 0 fully saturated rings. The van der Waals surface area contributed by atoms with Crippen LogP contribution in [-0.4, -0.2) is 20.8 Å². The molecule has 0 radical (unpaired) electrons. The number of fused-ring (bicyclic) bond motifs is 6. The number of benzene rings is 9. The van der Waals surface area contributed by atoms with Gasteiger partial charge in [-0.1, -0.05) is 169 Å². The Labute approximate surface area is 365 Å². The van der Waals surface area contributed by atoms with Gasteiger partial charge in [-0.3, -0.25) is 0 Å². The fraction of sp³-hybridized carbons (Fsp3) is 0.0345. The molecule has 5 heteroatoms. The zero-order valence-electron chi connectivity index (χ0n) is 34.7. The second kappa shape index (κ2) is 15.0. The Morgan fingerprint density at radius 2 is 0.937 bits per heavy atom. The lowest BCUT2D eigenvalue weighted by molar-refractivity contribution is 0.671. The van der Waals surface area contributed by atoms with E-state index in [0.717, 1.165) is 56.1 Å². The molecule has 1 aliphatic heterocycles. The summed E-state index contributed by atoms with van der Waals surface area (Å²) in [5.41, 5.74) is 15.7. The molecule has 3 heterocycles. The van der Waals surface area contributed by atoms with Gasteiger partial charge in [0, 0.05) is 43.9 Å². The molecule has 63 heavy (non-hydrogen) atoms. The third-order valence-corrected chi connectivity index (χ3v) is 12.5. The summed E-state index contributed by atoms with van der Waals surface area (Å²) in [4.78, 5) is 10.6. The largest absolute Gasteiger partial charge is 0.344 e. The normalized spacial score (nSPS) is 14.0. The predicted octanol–water partition coefficient (Wildman–Crippen LogP) is 14.0. The van der Waals surface area contributed by atoms with Crippen LogP contribution in [0, 0.1) is 6.92 Å². The van der Waals surface area contributed by atoms with Crippen LogP contribution in [0.25, 0.3) is 77.2 Å². The van der Waals surface area contributed by atoms with Gasteiger partial charge < -0.3 is 14.5 Å². The number of aromatic nitrogens is 2. The molecule has 0 saturated heterocycles. The Bertz CT molecular complexity index is 3580. The third-order valence-electron chi connectivity index (χ3n) is 12.5. The quantitative estimate of drug-likeness (QED) is 0.171. The highest BCUT2D eigenvalue weighted by molar-refractivity contribution is 6.14. The molecule has 1 atom stereocenters. The van der Waals surface area contributed by atoms with Crippen LogP contribution < -0.4 is 5.32 Å². The average Bonchev–Trinajstić information content (AvgIpc) is 3.87. The summed E-state index contributed by atoms with van der Waals surface area (Å²) in [7, 11) is 0. The summed E-state index contributed by atoms with van der Waals surface area (Å²) < 4.78 is 4.80. The van der Waals surface area contributed by atoms with Crippen LogP contribution in [-0.2, 0) is 0 Å². The van der Waals surface area contributed by atoms with Gasteiger partial charge in [0.1, 0.15) is 12.0 Å². The minimum absolute atomic E-state index is 0.469. The first-order valence-electron chi connectivity index (χ1n) is 21.5. The molecule has 11 aromatic rings. The van der Waals surface area contributed by atoms with E-state index in [1.807, 2.05) is 24.3 Å². The summed E-state index contributed by atoms with van der Waals surface area (Å²) in [5, 5.41) is 8.66. The van der Waals surface area contributed by atoms with Gasteiger partial charge in [-0.15, -0.1) is 0 Å². The van der Waals surface area contributed by atoms with Gasteiger partial charge in [0.05, 0.1) is 27.8 Å². The molecule has 5 nitrogen and oxygen atoms in total.